The smallest absolute Gasteiger partial charge is 0.129 e. The first kappa shape index (κ1) is 17.9. The number of benzene rings is 1. The number of unbranched alkanes of at least 4 members (excludes halogenated alkanes) is 2. The van der Waals surface area contributed by atoms with E-state index in [1.165, 1.54) is 53.7 Å². The van der Waals surface area contributed by atoms with Crippen molar-refractivity contribution < 1.29 is 9.47 Å². The fourth-order valence-electron chi connectivity index (χ4n) is 5.44. The summed E-state index contributed by atoms with van der Waals surface area (Å²) < 4.78 is 12.9. The second-order valence-electron chi connectivity index (χ2n) is 9.08. The Balaban J connectivity index is 1.80. The molecule has 0 amide bonds. The van der Waals surface area contributed by atoms with E-state index < -0.39 is 0 Å². The van der Waals surface area contributed by atoms with Gasteiger partial charge < -0.3 is 9.47 Å². The maximum absolute atomic E-state index is 6.63. The maximum atomic E-state index is 6.63. The van der Waals surface area contributed by atoms with Gasteiger partial charge in [-0.3, -0.25) is 0 Å². The molecule has 2 heteroatoms. The number of hydrogen-bond donors (Lipinski definition) is 0. The zero-order chi connectivity index (χ0) is 18.3. The summed E-state index contributed by atoms with van der Waals surface area (Å²) in [5.41, 5.74) is 5.60. The summed E-state index contributed by atoms with van der Waals surface area (Å²) in [6.07, 6.45) is 10.7. The Hall–Kier alpha value is -1.44. The molecule has 3 aliphatic rings. The minimum Gasteiger partial charge on any atom is -0.493 e. The largest absolute Gasteiger partial charge is 0.493 e. The van der Waals surface area contributed by atoms with E-state index in [0.29, 0.717) is 11.8 Å². The Morgan fingerprint density at radius 3 is 2.88 bits per heavy atom. The molecule has 2 nitrogen and oxygen atoms in total. The van der Waals surface area contributed by atoms with Crippen LogP contribution in [-0.2, 0) is 12.8 Å². The molecule has 1 fully saturated rings. The lowest BCUT2D eigenvalue weighted by Gasteiger charge is -2.48. The number of fused-ring (bicyclic) bond motifs is 5. The van der Waals surface area contributed by atoms with Gasteiger partial charge >= 0.3 is 0 Å². The van der Waals surface area contributed by atoms with Crippen molar-refractivity contribution in [3.63, 3.8) is 0 Å². The highest BCUT2D eigenvalue weighted by Crippen LogP contribution is 2.56. The van der Waals surface area contributed by atoms with Crippen molar-refractivity contribution in [3.05, 3.63) is 34.9 Å². The zero-order valence-electron chi connectivity index (χ0n) is 16.8. The summed E-state index contributed by atoms with van der Waals surface area (Å²) >= 11 is 0. The minimum absolute atomic E-state index is 0.109. The van der Waals surface area contributed by atoms with E-state index in [4.69, 9.17) is 9.47 Å². The molecular formula is C24H34O2. The van der Waals surface area contributed by atoms with E-state index in [1.807, 2.05) is 0 Å². The van der Waals surface area contributed by atoms with E-state index in [2.05, 4.69) is 33.4 Å². The number of ether oxygens (including phenoxy) is 2. The molecule has 0 saturated heterocycles. The van der Waals surface area contributed by atoms with Crippen LogP contribution in [-0.4, -0.2) is 12.2 Å². The summed E-state index contributed by atoms with van der Waals surface area (Å²) in [6.45, 7) is 12.0. The summed E-state index contributed by atoms with van der Waals surface area (Å²) in [5.74, 6) is 3.34. The highest BCUT2D eigenvalue weighted by Gasteiger charge is 2.47. The molecule has 26 heavy (non-hydrogen) atoms. The second kappa shape index (κ2) is 6.94. The molecule has 2 aliphatic heterocycles. The zero-order valence-corrected chi connectivity index (χ0v) is 16.8. The summed E-state index contributed by atoms with van der Waals surface area (Å²) in [5, 5.41) is 0. The topological polar surface area (TPSA) is 18.5 Å². The van der Waals surface area contributed by atoms with Gasteiger partial charge in [-0.15, -0.1) is 0 Å². The molecule has 2 unspecified atom stereocenters. The van der Waals surface area contributed by atoms with Crippen LogP contribution in [0, 0.1) is 5.92 Å². The van der Waals surface area contributed by atoms with Gasteiger partial charge in [0.2, 0.25) is 0 Å². The Labute approximate surface area is 159 Å². The Bertz CT molecular complexity index is 701. The first-order chi connectivity index (χ1) is 12.5. The van der Waals surface area contributed by atoms with Crippen molar-refractivity contribution in [2.45, 2.75) is 90.1 Å². The van der Waals surface area contributed by atoms with Crippen molar-refractivity contribution in [1.29, 1.82) is 0 Å². The molecule has 2 atom stereocenters. The third-order valence-corrected chi connectivity index (χ3v) is 6.78. The average molecular weight is 355 g/mol. The molecule has 4 rings (SSSR count). The van der Waals surface area contributed by atoms with Gasteiger partial charge in [0, 0.05) is 17.4 Å². The van der Waals surface area contributed by atoms with Crippen molar-refractivity contribution in [1.82, 2.24) is 0 Å². The van der Waals surface area contributed by atoms with Crippen molar-refractivity contribution >= 4 is 0 Å². The SMILES string of the molecule is C=C1CCC2C(C1)c1c(cc(CCCCC)c3c1OCCC3)OC2(C)C. The molecule has 0 aromatic heterocycles. The first-order valence-electron chi connectivity index (χ1n) is 10.7. The Morgan fingerprint density at radius 1 is 1.23 bits per heavy atom. The van der Waals surface area contributed by atoms with E-state index in [1.54, 1.807) is 0 Å². The normalized spacial score (nSPS) is 26.2. The summed E-state index contributed by atoms with van der Waals surface area (Å²) in [4.78, 5) is 0. The predicted octanol–water partition coefficient (Wildman–Crippen LogP) is 6.36. The van der Waals surface area contributed by atoms with Crippen LogP contribution >= 0.6 is 0 Å². The molecule has 2 heterocycles. The van der Waals surface area contributed by atoms with Crippen LogP contribution in [0.1, 0.15) is 88.3 Å². The van der Waals surface area contributed by atoms with E-state index >= 15 is 0 Å². The number of hydrogen-bond acceptors (Lipinski definition) is 2. The molecule has 1 aromatic rings. The van der Waals surface area contributed by atoms with Gasteiger partial charge in [0.1, 0.15) is 17.1 Å². The molecule has 1 aromatic carbocycles. The van der Waals surface area contributed by atoms with Crippen LogP contribution in [0.25, 0.3) is 0 Å². The summed E-state index contributed by atoms with van der Waals surface area (Å²) in [6, 6.07) is 2.37. The van der Waals surface area contributed by atoms with Crippen LogP contribution in [0.3, 0.4) is 0 Å². The molecule has 0 spiro atoms. The molecular weight excluding hydrogens is 320 g/mol. The van der Waals surface area contributed by atoms with E-state index in [9.17, 15) is 0 Å². The summed E-state index contributed by atoms with van der Waals surface area (Å²) in [7, 11) is 0. The maximum Gasteiger partial charge on any atom is 0.129 e. The molecule has 142 valence electrons. The molecule has 1 aliphatic carbocycles. The van der Waals surface area contributed by atoms with Crippen LogP contribution in [0.15, 0.2) is 18.2 Å². The molecule has 0 radical (unpaired) electrons. The number of rotatable bonds is 4. The molecule has 0 bridgehead atoms. The Kier molecular flexibility index (Phi) is 4.79. The highest BCUT2D eigenvalue weighted by atomic mass is 16.5. The fourth-order valence-corrected chi connectivity index (χ4v) is 5.44. The standard InChI is InChI=1S/C24H34O2/c1-5-6-7-9-17-15-21-22(23-18(17)10-8-13-25-23)19-14-16(2)11-12-20(19)24(3,4)26-21/h15,19-20H,2,5-14H2,1,3-4H3. The third kappa shape index (κ3) is 3.06. The van der Waals surface area contributed by atoms with Gasteiger partial charge in [0.05, 0.1) is 6.61 Å². The number of aryl methyl sites for hydroxylation is 1. The monoisotopic (exact) mass is 354 g/mol. The van der Waals surface area contributed by atoms with Gasteiger partial charge in [0.25, 0.3) is 0 Å². The van der Waals surface area contributed by atoms with Crippen LogP contribution in [0.2, 0.25) is 0 Å². The number of allylic oxidation sites excluding steroid dienone is 1. The van der Waals surface area contributed by atoms with Gasteiger partial charge in [-0.1, -0.05) is 31.9 Å². The van der Waals surface area contributed by atoms with Crippen LogP contribution in [0.5, 0.6) is 11.5 Å². The minimum atomic E-state index is -0.109. The first-order valence-corrected chi connectivity index (χ1v) is 10.7. The quantitative estimate of drug-likeness (QED) is 0.463. The molecule has 1 saturated carbocycles. The van der Waals surface area contributed by atoms with Crippen LogP contribution < -0.4 is 9.47 Å². The average Bonchev–Trinajstić information content (AvgIpc) is 2.61. The van der Waals surface area contributed by atoms with Crippen molar-refractivity contribution in [2.75, 3.05) is 6.61 Å². The van der Waals surface area contributed by atoms with E-state index in [-0.39, 0.29) is 5.60 Å². The lowest BCUT2D eigenvalue weighted by atomic mass is 9.65. The molecule has 0 N–H and O–H groups in total. The van der Waals surface area contributed by atoms with Gasteiger partial charge in [-0.2, -0.15) is 0 Å². The lowest BCUT2D eigenvalue weighted by Crippen LogP contribution is -2.46. The van der Waals surface area contributed by atoms with Crippen LogP contribution in [0.4, 0.5) is 0 Å². The Morgan fingerprint density at radius 2 is 2.08 bits per heavy atom. The lowest BCUT2D eigenvalue weighted by molar-refractivity contribution is -0.00140. The van der Waals surface area contributed by atoms with Gasteiger partial charge in [-0.05, 0) is 76.0 Å². The predicted molar refractivity (Wildman–Crippen MR) is 107 cm³/mol. The third-order valence-electron chi connectivity index (χ3n) is 6.78. The van der Waals surface area contributed by atoms with Gasteiger partial charge in [0.15, 0.2) is 0 Å². The van der Waals surface area contributed by atoms with Gasteiger partial charge in [-0.25, -0.2) is 0 Å². The highest BCUT2D eigenvalue weighted by molar-refractivity contribution is 5.58. The van der Waals surface area contributed by atoms with Crippen molar-refractivity contribution in [3.8, 4) is 11.5 Å². The van der Waals surface area contributed by atoms with Crippen molar-refractivity contribution in [2.24, 2.45) is 5.92 Å². The second-order valence-corrected chi connectivity index (χ2v) is 9.08. The van der Waals surface area contributed by atoms with E-state index in [0.717, 1.165) is 44.5 Å². The fraction of sp³-hybridized carbons (Fsp3) is 0.667.